The van der Waals surface area contributed by atoms with Gasteiger partial charge < -0.3 is 15.7 Å². The van der Waals surface area contributed by atoms with Crippen LogP contribution in [0.25, 0.3) is 0 Å². The lowest BCUT2D eigenvalue weighted by Crippen LogP contribution is -2.48. The Labute approximate surface area is 153 Å². The molecular weight excluding hydrogens is 336 g/mol. The van der Waals surface area contributed by atoms with Gasteiger partial charge in [-0.3, -0.25) is 4.79 Å². The summed E-state index contributed by atoms with van der Waals surface area (Å²) in [6.07, 6.45) is 1.31. The lowest BCUT2D eigenvalue weighted by Gasteiger charge is -2.34. The van der Waals surface area contributed by atoms with Crippen molar-refractivity contribution >= 4 is 23.2 Å². The number of amides is 1. The summed E-state index contributed by atoms with van der Waals surface area (Å²) in [6.45, 7) is 4.67. The number of rotatable bonds is 3. The van der Waals surface area contributed by atoms with Crippen molar-refractivity contribution in [2.75, 3.05) is 11.4 Å². The van der Waals surface area contributed by atoms with Gasteiger partial charge in [0.25, 0.3) is 0 Å². The summed E-state index contributed by atoms with van der Waals surface area (Å²) >= 11 is 6.23. The van der Waals surface area contributed by atoms with E-state index in [4.69, 9.17) is 17.3 Å². The molecule has 132 valence electrons. The van der Waals surface area contributed by atoms with Crippen molar-refractivity contribution in [1.82, 2.24) is 0 Å². The second-order valence-corrected chi connectivity index (χ2v) is 7.33. The predicted molar refractivity (Wildman–Crippen MR) is 101 cm³/mol. The van der Waals surface area contributed by atoms with Crippen molar-refractivity contribution in [1.29, 1.82) is 0 Å². The largest absolute Gasteiger partial charge is 0.508 e. The normalized spacial score (nSPS) is 17.9. The van der Waals surface area contributed by atoms with Crippen molar-refractivity contribution in [3.63, 3.8) is 0 Å². The van der Waals surface area contributed by atoms with E-state index >= 15 is 0 Å². The fourth-order valence-electron chi connectivity index (χ4n) is 3.53. The van der Waals surface area contributed by atoms with E-state index in [1.165, 1.54) is 11.6 Å². The van der Waals surface area contributed by atoms with Gasteiger partial charge in [-0.05, 0) is 60.6 Å². The molecule has 2 atom stereocenters. The van der Waals surface area contributed by atoms with Gasteiger partial charge in [-0.2, -0.15) is 0 Å². The summed E-state index contributed by atoms with van der Waals surface area (Å²) < 4.78 is 0. The summed E-state index contributed by atoms with van der Waals surface area (Å²) in [6, 6.07) is 10.4. The molecule has 0 aliphatic carbocycles. The minimum Gasteiger partial charge on any atom is -0.508 e. The Balaban J connectivity index is 1.84. The number of aromatic hydroxyl groups is 1. The first kappa shape index (κ1) is 17.8. The third kappa shape index (κ3) is 3.65. The third-order valence-electron chi connectivity index (χ3n) is 4.76. The maximum Gasteiger partial charge on any atom is 0.244 e. The number of halogens is 1. The SMILES string of the molecule is Cc1cc(O)cc(Cl)c1C[C@@H](N)C(=O)N1CC(C)Cc2ccccc21. The number of hydrogen-bond donors (Lipinski definition) is 2. The highest BCUT2D eigenvalue weighted by atomic mass is 35.5. The van der Waals surface area contributed by atoms with Crippen LogP contribution in [0.1, 0.15) is 23.6 Å². The van der Waals surface area contributed by atoms with Crippen LogP contribution < -0.4 is 10.6 Å². The molecule has 0 aromatic heterocycles. The Morgan fingerprint density at radius 1 is 1.40 bits per heavy atom. The van der Waals surface area contributed by atoms with Crippen molar-refractivity contribution in [2.45, 2.75) is 32.7 Å². The summed E-state index contributed by atoms with van der Waals surface area (Å²) in [4.78, 5) is 14.8. The summed E-state index contributed by atoms with van der Waals surface area (Å²) in [5, 5.41) is 10.1. The van der Waals surface area contributed by atoms with E-state index in [1.807, 2.05) is 25.1 Å². The van der Waals surface area contributed by atoms with Gasteiger partial charge in [0.1, 0.15) is 5.75 Å². The number of para-hydroxylation sites is 1. The fourth-order valence-corrected chi connectivity index (χ4v) is 3.87. The Bertz CT molecular complexity index is 783. The van der Waals surface area contributed by atoms with Crippen LogP contribution in [0.3, 0.4) is 0 Å². The zero-order chi connectivity index (χ0) is 18.1. The van der Waals surface area contributed by atoms with Crippen molar-refractivity contribution in [3.05, 3.63) is 58.1 Å². The molecule has 0 bridgehead atoms. The topological polar surface area (TPSA) is 66.6 Å². The maximum absolute atomic E-state index is 13.0. The van der Waals surface area contributed by atoms with Crippen LogP contribution >= 0.6 is 11.6 Å². The van der Waals surface area contributed by atoms with Gasteiger partial charge in [0.15, 0.2) is 0 Å². The Hall–Kier alpha value is -2.04. The average molecular weight is 359 g/mol. The van der Waals surface area contributed by atoms with Crippen LogP contribution in [0, 0.1) is 12.8 Å². The Morgan fingerprint density at radius 3 is 2.84 bits per heavy atom. The van der Waals surface area contributed by atoms with Crippen LogP contribution in [-0.2, 0) is 17.6 Å². The molecule has 0 spiro atoms. The molecule has 1 heterocycles. The third-order valence-corrected chi connectivity index (χ3v) is 5.09. The highest BCUT2D eigenvalue weighted by Gasteiger charge is 2.29. The fraction of sp³-hybridized carbons (Fsp3) is 0.350. The van der Waals surface area contributed by atoms with Gasteiger partial charge in [0, 0.05) is 17.3 Å². The summed E-state index contributed by atoms with van der Waals surface area (Å²) in [7, 11) is 0. The lowest BCUT2D eigenvalue weighted by molar-refractivity contribution is -0.120. The van der Waals surface area contributed by atoms with Crippen molar-refractivity contribution in [3.8, 4) is 5.75 Å². The monoisotopic (exact) mass is 358 g/mol. The minimum atomic E-state index is -0.681. The van der Waals surface area contributed by atoms with Gasteiger partial charge in [-0.1, -0.05) is 36.7 Å². The number of benzene rings is 2. The number of carbonyl (C=O) groups excluding carboxylic acids is 1. The number of aryl methyl sites for hydroxylation is 1. The number of hydrogen-bond acceptors (Lipinski definition) is 3. The number of nitrogens with zero attached hydrogens (tertiary/aromatic N) is 1. The van der Waals surface area contributed by atoms with E-state index in [1.54, 1.807) is 11.0 Å². The zero-order valence-corrected chi connectivity index (χ0v) is 15.3. The number of phenolic OH excluding ortho intramolecular Hbond substituents is 1. The number of phenols is 1. The van der Waals surface area contributed by atoms with E-state index in [-0.39, 0.29) is 11.7 Å². The van der Waals surface area contributed by atoms with E-state index in [0.717, 1.165) is 23.2 Å². The molecule has 5 heteroatoms. The summed E-state index contributed by atoms with van der Waals surface area (Å²) in [5.74, 6) is 0.414. The minimum absolute atomic E-state index is 0.0949. The van der Waals surface area contributed by atoms with Crippen LogP contribution in [0.15, 0.2) is 36.4 Å². The predicted octanol–water partition coefficient (Wildman–Crippen LogP) is 3.45. The van der Waals surface area contributed by atoms with E-state index in [9.17, 15) is 9.90 Å². The van der Waals surface area contributed by atoms with Gasteiger partial charge >= 0.3 is 0 Å². The van der Waals surface area contributed by atoms with Gasteiger partial charge in [0.05, 0.1) is 6.04 Å². The van der Waals surface area contributed by atoms with Gasteiger partial charge in [-0.25, -0.2) is 0 Å². The van der Waals surface area contributed by atoms with Gasteiger partial charge in [-0.15, -0.1) is 0 Å². The molecule has 0 radical (unpaired) electrons. The number of carbonyl (C=O) groups is 1. The molecule has 3 N–H and O–H groups in total. The van der Waals surface area contributed by atoms with Crippen molar-refractivity contribution in [2.24, 2.45) is 11.7 Å². The first-order chi connectivity index (χ1) is 11.9. The van der Waals surface area contributed by atoms with Crippen LogP contribution in [0.5, 0.6) is 5.75 Å². The highest BCUT2D eigenvalue weighted by molar-refractivity contribution is 6.31. The molecule has 1 aliphatic heterocycles. The molecule has 4 nitrogen and oxygen atoms in total. The van der Waals surface area contributed by atoms with Crippen LogP contribution in [0.2, 0.25) is 5.02 Å². The second kappa shape index (κ2) is 7.06. The van der Waals surface area contributed by atoms with E-state index in [2.05, 4.69) is 13.0 Å². The van der Waals surface area contributed by atoms with Crippen LogP contribution in [-0.4, -0.2) is 23.6 Å². The lowest BCUT2D eigenvalue weighted by atomic mass is 9.92. The molecule has 25 heavy (non-hydrogen) atoms. The molecular formula is C20H23ClN2O2. The highest BCUT2D eigenvalue weighted by Crippen LogP contribution is 2.31. The molecule has 3 rings (SSSR count). The quantitative estimate of drug-likeness (QED) is 0.883. The second-order valence-electron chi connectivity index (χ2n) is 6.92. The smallest absolute Gasteiger partial charge is 0.244 e. The summed E-state index contributed by atoms with van der Waals surface area (Å²) in [5.41, 5.74) is 10.0. The first-order valence-electron chi connectivity index (χ1n) is 8.49. The van der Waals surface area contributed by atoms with Crippen LogP contribution in [0.4, 0.5) is 5.69 Å². The average Bonchev–Trinajstić information content (AvgIpc) is 2.56. The zero-order valence-electron chi connectivity index (χ0n) is 14.5. The molecule has 1 aliphatic rings. The molecule has 0 fully saturated rings. The van der Waals surface area contributed by atoms with E-state index in [0.29, 0.717) is 23.9 Å². The molecule has 2 aromatic carbocycles. The van der Waals surface area contributed by atoms with Crippen molar-refractivity contribution < 1.29 is 9.90 Å². The number of fused-ring (bicyclic) bond motifs is 1. The maximum atomic E-state index is 13.0. The molecule has 1 unspecified atom stereocenters. The standard InChI is InChI=1S/C20H23ClN2O2/c1-12-7-14-5-3-4-6-19(14)23(11-12)20(25)18(22)10-16-13(2)8-15(24)9-17(16)21/h3-6,8-9,12,18,24H,7,10-11,22H2,1-2H3/t12?,18-/m1/s1. The number of anilines is 1. The van der Waals surface area contributed by atoms with E-state index < -0.39 is 6.04 Å². The Morgan fingerprint density at radius 2 is 2.12 bits per heavy atom. The molecule has 2 aromatic rings. The van der Waals surface area contributed by atoms with Gasteiger partial charge in [0.2, 0.25) is 5.91 Å². The first-order valence-corrected chi connectivity index (χ1v) is 8.87. The molecule has 0 saturated heterocycles. The number of nitrogens with two attached hydrogens (primary N) is 1. The molecule has 0 saturated carbocycles. The molecule has 1 amide bonds. The Kier molecular flexibility index (Phi) is 5.02.